The zero-order valence-electron chi connectivity index (χ0n) is 15.0. The van der Waals surface area contributed by atoms with Crippen LogP contribution in [0.4, 0.5) is 0 Å². The Kier molecular flexibility index (Phi) is 5.32. The van der Waals surface area contributed by atoms with Gasteiger partial charge < -0.3 is 9.64 Å². The molecule has 0 radical (unpaired) electrons. The predicted molar refractivity (Wildman–Crippen MR) is 102 cm³/mol. The standard InChI is InChI=1S/C20H23NO4S/c1-3-21(17-11-12-26(23,24)14-17)20(22)18-13-16(9-10-19(18)25-2)15-7-5-4-6-8-15/h4-10,13,17H,3,11-12,14H2,1-2H3. The summed E-state index contributed by atoms with van der Waals surface area (Å²) in [5.74, 6) is 0.480. The summed E-state index contributed by atoms with van der Waals surface area (Å²) >= 11 is 0. The molecule has 1 amide bonds. The smallest absolute Gasteiger partial charge is 0.257 e. The van der Waals surface area contributed by atoms with E-state index in [9.17, 15) is 13.2 Å². The molecule has 1 unspecified atom stereocenters. The average molecular weight is 373 g/mol. The van der Waals surface area contributed by atoms with Crippen LogP contribution in [0.5, 0.6) is 5.75 Å². The Balaban J connectivity index is 1.96. The van der Waals surface area contributed by atoms with Gasteiger partial charge >= 0.3 is 0 Å². The van der Waals surface area contributed by atoms with E-state index in [1.165, 1.54) is 7.11 Å². The molecule has 5 nitrogen and oxygen atoms in total. The Morgan fingerprint density at radius 3 is 2.46 bits per heavy atom. The van der Waals surface area contributed by atoms with Crippen molar-refractivity contribution in [1.29, 1.82) is 0 Å². The van der Waals surface area contributed by atoms with E-state index in [-0.39, 0.29) is 23.5 Å². The van der Waals surface area contributed by atoms with Crippen molar-refractivity contribution in [3.63, 3.8) is 0 Å². The van der Waals surface area contributed by atoms with Crippen molar-refractivity contribution in [3.8, 4) is 16.9 Å². The minimum atomic E-state index is -3.06. The molecule has 1 aliphatic heterocycles. The van der Waals surface area contributed by atoms with Crippen LogP contribution in [0.3, 0.4) is 0 Å². The molecular weight excluding hydrogens is 350 g/mol. The van der Waals surface area contributed by atoms with Gasteiger partial charge in [-0.1, -0.05) is 36.4 Å². The lowest BCUT2D eigenvalue weighted by molar-refractivity contribution is 0.0705. The van der Waals surface area contributed by atoms with Gasteiger partial charge in [0.05, 0.1) is 24.2 Å². The van der Waals surface area contributed by atoms with E-state index in [1.54, 1.807) is 11.0 Å². The van der Waals surface area contributed by atoms with Crippen LogP contribution in [0, 0.1) is 0 Å². The topological polar surface area (TPSA) is 63.7 Å². The lowest BCUT2D eigenvalue weighted by atomic mass is 10.0. The largest absolute Gasteiger partial charge is 0.496 e. The summed E-state index contributed by atoms with van der Waals surface area (Å²) in [6, 6.07) is 15.1. The van der Waals surface area contributed by atoms with E-state index < -0.39 is 9.84 Å². The Hall–Kier alpha value is -2.34. The van der Waals surface area contributed by atoms with Crippen LogP contribution in [-0.4, -0.2) is 50.4 Å². The monoisotopic (exact) mass is 373 g/mol. The molecule has 1 atom stereocenters. The van der Waals surface area contributed by atoms with Gasteiger partial charge in [0.15, 0.2) is 9.84 Å². The normalized spacial score (nSPS) is 18.5. The fourth-order valence-corrected chi connectivity index (χ4v) is 5.16. The highest BCUT2D eigenvalue weighted by Gasteiger charge is 2.35. The van der Waals surface area contributed by atoms with Gasteiger partial charge in [-0.2, -0.15) is 0 Å². The van der Waals surface area contributed by atoms with Gasteiger partial charge in [0, 0.05) is 12.6 Å². The quantitative estimate of drug-likeness (QED) is 0.808. The van der Waals surface area contributed by atoms with Crippen LogP contribution in [0.15, 0.2) is 48.5 Å². The number of carbonyl (C=O) groups excluding carboxylic acids is 1. The van der Waals surface area contributed by atoms with Crippen molar-refractivity contribution in [3.05, 3.63) is 54.1 Å². The third-order valence-corrected chi connectivity index (χ3v) is 6.54. The van der Waals surface area contributed by atoms with Gasteiger partial charge in [-0.25, -0.2) is 8.42 Å². The van der Waals surface area contributed by atoms with E-state index >= 15 is 0 Å². The highest BCUT2D eigenvalue weighted by molar-refractivity contribution is 7.91. The van der Waals surface area contributed by atoms with E-state index in [1.807, 2.05) is 49.4 Å². The van der Waals surface area contributed by atoms with Gasteiger partial charge in [-0.15, -0.1) is 0 Å². The van der Waals surface area contributed by atoms with Crippen molar-refractivity contribution in [2.24, 2.45) is 0 Å². The Labute approximate surface area is 154 Å². The van der Waals surface area contributed by atoms with Crippen molar-refractivity contribution in [1.82, 2.24) is 4.90 Å². The van der Waals surface area contributed by atoms with Crippen molar-refractivity contribution >= 4 is 15.7 Å². The van der Waals surface area contributed by atoms with E-state index in [2.05, 4.69) is 0 Å². The number of nitrogens with zero attached hydrogens (tertiary/aromatic N) is 1. The summed E-state index contributed by atoms with van der Waals surface area (Å²) in [7, 11) is -1.53. The Bertz CT molecular complexity index is 893. The minimum absolute atomic E-state index is 0.0350. The summed E-state index contributed by atoms with van der Waals surface area (Å²) in [6.07, 6.45) is 0.489. The van der Waals surface area contributed by atoms with Crippen LogP contribution in [-0.2, 0) is 9.84 Å². The van der Waals surface area contributed by atoms with Gasteiger partial charge in [-0.05, 0) is 36.6 Å². The number of amides is 1. The number of sulfone groups is 1. The van der Waals surface area contributed by atoms with Crippen LogP contribution in [0.25, 0.3) is 11.1 Å². The predicted octanol–water partition coefficient (Wildman–Crippen LogP) is 3.01. The van der Waals surface area contributed by atoms with Crippen LogP contribution < -0.4 is 4.74 Å². The summed E-state index contributed by atoms with van der Waals surface area (Å²) in [6.45, 7) is 2.33. The zero-order valence-corrected chi connectivity index (χ0v) is 15.8. The maximum absolute atomic E-state index is 13.2. The second kappa shape index (κ2) is 7.50. The third-order valence-electron chi connectivity index (χ3n) is 4.79. The summed E-state index contributed by atoms with van der Waals surface area (Å²) in [5.41, 5.74) is 2.39. The molecule has 0 aliphatic carbocycles. The van der Waals surface area contributed by atoms with E-state index in [0.29, 0.717) is 24.3 Å². The SMILES string of the molecule is CCN(C(=O)c1cc(-c2ccccc2)ccc1OC)C1CCS(=O)(=O)C1. The molecule has 0 spiro atoms. The fraction of sp³-hybridized carbons (Fsp3) is 0.350. The molecule has 1 aliphatic rings. The first-order valence-electron chi connectivity index (χ1n) is 8.70. The number of ether oxygens (including phenoxy) is 1. The maximum Gasteiger partial charge on any atom is 0.257 e. The Morgan fingerprint density at radius 2 is 1.88 bits per heavy atom. The van der Waals surface area contributed by atoms with Crippen LogP contribution in [0.1, 0.15) is 23.7 Å². The van der Waals surface area contributed by atoms with E-state index in [4.69, 9.17) is 4.74 Å². The first-order chi connectivity index (χ1) is 12.4. The molecule has 2 aromatic rings. The number of methoxy groups -OCH3 is 1. The lowest BCUT2D eigenvalue weighted by Crippen LogP contribution is -2.41. The summed E-state index contributed by atoms with van der Waals surface area (Å²) < 4.78 is 29.0. The number of benzene rings is 2. The van der Waals surface area contributed by atoms with Crippen molar-refractivity contribution in [2.75, 3.05) is 25.2 Å². The first-order valence-corrected chi connectivity index (χ1v) is 10.5. The molecule has 6 heteroatoms. The Morgan fingerprint density at radius 1 is 1.15 bits per heavy atom. The third kappa shape index (κ3) is 3.75. The molecule has 26 heavy (non-hydrogen) atoms. The zero-order chi connectivity index (χ0) is 18.7. The van der Waals surface area contributed by atoms with Gasteiger partial charge in [0.1, 0.15) is 5.75 Å². The lowest BCUT2D eigenvalue weighted by Gasteiger charge is -2.27. The molecule has 3 rings (SSSR count). The summed E-state index contributed by atoms with van der Waals surface area (Å²) in [4.78, 5) is 14.8. The molecule has 0 N–H and O–H groups in total. The molecule has 1 heterocycles. The van der Waals surface area contributed by atoms with Crippen molar-refractivity contribution in [2.45, 2.75) is 19.4 Å². The second-order valence-corrected chi connectivity index (χ2v) is 8.66. The first kappa shape index (κ1) is 18.5. The van der Waals surface area contributed by atoms with Gasteiger partial charge in [0.25, 0.3) is 5.91 Å². The molecule has 1 fully saturated rings. The molecule has 2 aromatic carbocycles. The number of hydrogen-bond acceptors (Lipinski definition) is 4. The highest BCUT2D eigenvalue weighted by atomic mass is 32.2. The molecule has 0 aromatic heterocycles. The maximum atomic E-state index is 13.2. The van der Waals surface area contributed by atoms with E-state index in [0.717, 1.165) is 11.1 Å². The number of carbonyl (C=O) groups is 1. The minimum Gasteiger partial charge on any atom is -0.496 e. The average Bonchev–Trinajstić information content (AvgIpc) is 3.02. The number of hydrogen-bond donors (Lipinski definition) is 0. The molecule has 0 saturated carbocycles. The second-order valence-electron chi connectivity index (χ2n) is 6.43. The molecule has 138 valence electrons. The molecular formula is C20H23NO4S. The van der Waals surface area contributed by atoms with Crippen LogP contribution in [0.2, 0.25) is 0 Å². The number of rotatable bonds is 5. The van der Waals surface area contributed by atoms with Crippen molar-refractivity contribution < 1.29 is 17.9 Å². The molecule has 1 saturated heterocycles. The fourth-order valence-electron chi connectivity index (χ4n) is 3.43. The van der Waals surface area contributed by atoms with Crippen LogP contribution >= 0.6 is 0 Å². The summed E-state index contributed by atoms with van der Waals surface area (Å²) in [5, 5.41) is 0. The van der Waals surface area contributed by atoms with Gasteiger partial charge in [-0.3, -0.25) is 4.79 Å². The van der Waals surface area contributed by atoms with Gasteiger partial charge in [0.2, 0.25) is 0 Å². The molecule has 0 bridgehead atoms. The highest BCUT2D eigenvalue weighted by Crippen LogP contribution is 2.29.